The van der Waals surface area contributed by atoms with Gasteiger partial charge in [0.2, 0.25) is 5.91 Å². The largest absolute Gasteiger partial charge is 0.496 e. The van der Waals surface area contributed by atoms with Crippen LogP contribution in [0.25, 0.3) is 15.2 Å². The summed E-state index contributed by atoms with van der Waals surface area (Å²) >= 11 is 1.23. The fourth-order valence-corrected chi connectivity index (χ4v) is 6.00. The first-order valence-electron chi connectivity index (χ1n) is 12.7. The highest BCUT2D eigenvalue weighted by molar-refractivity contribution is 7.21. The summed E-state index contributed by atoms with van der Waals surface area (Å²) in [7, 11) is 3.17. The molecule has 0 aliphatic carbocycles. The van der Waals surface area contributed by atoms with Crippen molar-refractivity contribution in [2.24, 2.45) is 0 Å². The lowest BCUT2D eigenvalue weighted by molar-refractivity contribution is -0.136. The lowest BCUT2D eigenvalue weighted by Crippen LogP contribution is -2.49. The zero-order chi connectivity index (χ0) is 29.0. The zero-order valence-corrected chi connectivity index (χ0v) is 23.2. The molecule has 214 valence electrons. The van der Waals surface area contributed by atoms with Crippen molar-refractivity contribution in [3.05, 3.63) is 68.4 Å². The van der Waals surface area contributed by atoms with E-state index in [-0.39, 0.29) is 32.1 Å². The number of aryl methyl sites for hydroxylation is 3. The van der Waals surface area contributed by atoms with E-state index in [1.807, 2.05) is 0 Å². The molecule has 0 spiro atoms. The standard InChI is InChI=1S/C24H25FN6O4S.C2H6O2/c1-14-19-21(33)30(17-5-4-11-28(2)20(17)32)24(34)29(23(19)36-22(14)31-26-9-10-27-31)12-8-15-13-16(25)6-7-18(15)35-3;3-1-2-4/h6-7,9-10,13,17H,4-5,8,11-12H2,1-3H3;3-4H,1-2H2/t17-;/m0./s1. The number of carbonyl (C=O) groups excluding carboxylic acids is 1. The second-order valence-corrected chi connectivity index (χ2v) is 10.2. The Morgan fingerprint density at radius 3 is 2.50 bits per heavy atom. The van der Waals surface area contributed by atoms with Crippen LogP contribution in [0.4, 0.5) is 4.39 Å². The lowest BCUT2D eigenvalue weighted by Gasteiger charge is -2.30. The van der Waals surface area contributed by atoms with E-state index in [4.69, 9.17) is 14.9 Å². The summed E-state index contributed by atoms with van der Waals surface area (Å²) in [5.41, 5.74) is 0.137. The molecule has 1 amide bonds. The molecular formula is C26H31FN6O6S. The van der Waals surface area contributed by atoms with Crippen molar-refractivity contribution in [1.82, 2.24) is 29.0 Å². The monoisotopic (exact) mass is 574 g/mol. The van der Waals surface area contributed by atoms with Gasteiger partial charge in [-0.1, -0.05) is 11.3 Å². The van der Waals surface area contributed by atoms with Gasteiger partial charge in [0.15, 0.2) is 0 Å². The number of carbonyl (C=O) groups is 1. The number of hydrogen-bond acceptors (Lipinski definition) is 9. The van der Waals surface area contributed by atoms with E-state index in [1.165, 1.54) is 58.4 Å². The molecule has 5 rings (SSSR count). The van der Waals surface area contributed by atoms with Gasteiger partial charge >= 0.3 is 5.69 Å². The Balaban J connectivity index is 0.000000867. The number of hydrogen-bond donors (Lipinski definition) is 2. The molecule has 4 heterocycles. The van der Waals surface area contributed by atoms with Gasteiger partial charge in [-0.3, -0.25) is 14.2 Å². The van der Waals surface area contributed by atoms with Gasteiger partial charge in [-0.15, -0.1) is 4.80 Å². The van der Waals surface area contributed by atoms with Gasteiger partial charge in [0.1, 0.15) is 27.4 Å². The number of benzene rings is 1. The van der Waals surface area contributed by atoms with Crippen LogP contribution < -0.4 is 16.0 Å². The number of thiophene rings is 1. The number of likely N-dealkylation sites (N-methyl/N-ethyl adjacent to an activating group) is 1. The number of methoxy groups -OCH3 is 1. The first-order chi connectivity index (χ1) is 19.2. The van der Waals surface area contributed by atoms with Gasteiger partial charge in [-0.2, -0.15) is 10.2 Å². The van der Waals surface area contributed by atoms with Gasteiger partial charge in [-0.25, -0.2) is 13.8 Å². The van der Waals surface area contributed by atoms with E-state index in [9.17, 15) is 18.8 Å². The minimum Gasteiger partial charge on any atom is -0.496 e. The van der Waals surface area contributed by atoms with E-state index in [0.29, 0.717) is 51.5 Å². The molecule has 2 N–H and O–H groups in total. The lowest BCUT2D eigenvalue weighted by atomic mass is 10.0. The zero-order valence-electron chi connectivity index (χ0n) is 22.4. The molecule has 3 aromatic heterocycles. The van der Waals surface area contributed by atoms with Crippen molar-refractivity contribution < 1.29 is 24.1 Å². The second kappa shape index (κ2) is 12.5. The molecule has 40 heavy (non-hydrogen) atoms. The molecule has 1 aliphatic rings. The molecule has 0 radical (unpaired) electrons. The minimum atomic E-state index is -0.881. The summed E-state index contributed by atoms with van der Waals surface area (Å²) in [5, 5.41) is 24.6. The Bertz CT molecular complexity index is 1610. The van der Waals surface area contributed by atoms with Gasteiger partial charge in [0.25, 0.3) is 5.56 Å². The molecule has 1 saturated heterocycles. The summed E-state index contributed by atoms with van der Waals surface area (Å²) in [6, 6.07) is 3.34. The van der Waals surface area contributed by atoms with Crippen LogP contribution in [0.3, 0.4) is 0 Å². The van der Waals surface area contributed by atoms with Crippen molar-refractivity contribution in [2.45, 2.75) is 38.8 Å². The maximum Gasteiger partial charge on any atom is 0.332 e. The van der Waals surface area contributed by atoms with Crippen LogP contribution in [0, 0.1) is 12.7 Å². The Hall–Kier alpha value is -3.88. The average Bonchev–Trinajstić information content (AvgIpc) is 3.59. The van der Waals surface area contributed by atoms with E-state index in [1.54, 1.807) is 18.9 Å². The van der Waals surface area contributed by atoms with Crippen LogP contribution in [0.2, 0.25) is 0 Å². The van der Waals surface area contributed by atoms with Gasteiger partial charge in [-0.05, 0) is 49.9 Å². The van der Waals surface area contributed by atoms with Crippen molar-refractivity contribution in [3.63, 3.8) is 0 Å². The third-order valence-electron chi connectivity index (χ3n) is 6.71. The highest BCUT2D eigenvalue weighted by atomic mass is 32.1. The third-order valence-corrected chi connectivity index (χ3v) is 7.99. The van der Waals surface area contributed by atoms with Gasteiger partial charge < -0.3 is 19.8 Å². The highest BCUT2D eigenvalue weighted by Crippen LogP contribution is 2.31. The molecule has 4 aromatic rings. The Morgan fingerprint density at radius 1 is 1.15 bits per heavy atom. The smallest absolute Gasteiger partial charge is 0.332 e. The van der Waals surface area contributed by atoms with Crippen LogP contribution in [0.1, 0.15) is 30.0 Å². The summed E-state index contributed by atoms with van der Waals surface area (Å²) in [6.45, 7) is 2.26. The van der Waals surface area contributed by atoms with Crippen molar-refractivity contribution in [3.8, 4) is 10.8 Å². The quantitative estimate of drug-likeness (QED) is 0.336. The molecule has 1 aromatic carbocycles. The van der Waals surface area contributed by atoms with Gasteiger partial charge in [0, 0.05) is 25.7 Å². The SMILES string of the molecule is COc1ccc(F)cc1CCn1c(=O)n([C@H]2CCCN(C)C2=O)c(=O)c2c(C)c(-n3nccn3)sc21.OCCO. The molecule has 1 atom stereocenters. The number of aliphatic hydroxyl groups is 2. The number of aliphatic hydroxyl groups excluding tert-OH is 2. The Labute approximate surface area is 232 Å². The van der Waals surface area contributed by atoms with Crippen LogP contribution in [-0.4, -0.2) is 79.1 Å². The summed E-state index contributed by atoms with van der Waals surface area (Å²) in [5.74, 6) is -0.176. The summed E-state index contributed by atoms with van der Waals surface area (Å²) in [4.78, 5) is 44.0. The first-order valence-corrected chi connectivity index (χ1v) is 13.5. The maximum absolute atomic E-state index is 14.0. The Morgan fingerprint density at radius 2 is 1.85 bits per heavy atom. The van der Waals surface area contributed by atoms with E-state index >= 15 is 0 Å². The maximum atomic E-state index is 14.0. The molecule has 0 bridgehead atoms. The van der Waals surface area contributed by atoms with Crippen LogP contribution in [0.5, 0.6) is 5.75 Å². The molecule has 0 saturated carbocycles. The fraction of sp³-hybridized carbons (Fsp3) is 0.423. The van der Waals surface area contributed by atoms with Crippen LogP contribution in [0.15, 0.2) is 40.2 Å². The molecule has 0 unspecified atom stereocenters. The average molecular weight is 575 g/mol. The Kier molecular flexibility index (Phi) is 9.12. The van der Waals surface area contributed by atoms with Crippen molar-refractivity contribution >= 4 is 27.5 Å². The predicted molar refractivity (Wildman–Crippen MR) is 147 cm³/mol. The number of halogens is 1. The van der Waals surface area contributed by atoms with E-state index in [2.05, 4.69) is 10.2 Å². The normalized spacial score (nSPS) is 15.3. The number of amides is 1. The van der Waals surface area contributed by atoms with Crippen molar-refractivity contribution in [2.75, 3.05) is 33.9 Å². The minimum absolute atomic E-state index is 0.125. The number of ether oxygens (including phenoxy) is 1. The second-order valence-electron chi connectivity index (χ2n) is 9.21. The molecular weight excluding hydrogens is 543 g/mol. The number of aromatic nitrogens is 5. The highest BCUT2D eigenvalue weighted by Gasteiger charge is 2.32. The number of fused-ring (bicyclic) bond motifs is 1. The summed E-state index contributed by atoms with van der Waals surface area (Å²) < 4.78 is 21.9. The number of rotatable bonds is 7. The number of likely N-dealkylation sites (tertiary alicyclic amines) is 1. The van der Waals surface area contributed by atoms with Crippen LogP contribution >= 0.6 is 11.3 Å². The van der Waals surface area contributed by atoms with E-state index in [0.717, 1.165) is 4.57 Å². The topological polar surface area (TPSA) is 145 Å². The molecule has 1 fully saturated rings. The van der Waals surface area contributed by atoms with E-state index < -0.39 is 23.1 Å². The fourth-order valence-electron chi connectivity index (χ4n) is 4.76. The van der Waals surface area contributed by atoms with Crippen molar-refractivity contribution in [1.29, 1.82) is 0 Å². The predicted octanol–water partition coefficient (Wildman–Crippen LogP) is 1.27. The number of nitrogens with zero attached hydrogens (tertiary/aromatic N) is 6. The molecule has 14 heteroatoms. The van der Waals surface area contributed by atoms with Crippen LogP contribution in [-0.2, 0) is 17.8 Å². The van der Waals surface area contributed by atoms with Gasteiger partial charge in [0.05, 0.1) is 38.1 Å². The first kappa shape index (κ1) is 29.1. The summed E-state index contributed by atoms with van der Waals surface area (Å²) in [6.07, 6.45) is 4.42. The third kappa shape index (κ3) is 5.55. The number of piperidine rings is 1. The molecule has 12 nitrogen and oxygen atoms in total. The molecule has 1 aliphatic heterocycles.